The maximum Gasteiger partial charge on any atom is 0.433 e. The number of amides is 3. The number of thiocarbonyl (C=S) groups is 1. The third kappa shape index (κ3) is 3.52. The number of nitrogens with zero attached hydrogens (tertiary/aromatic N) is 6. The van der Waals surface area contributed by atoms with E-state index < -0.39 is 6.04 Å². The number of nitrogens with one attached hydrogen (secondary N) is 1. The predicted molar refractivity (Wildman–Crippen MR) is 136 cm³/mol. The quantitative estimate of drug-likeness (QED) is 0.267. The largest absolute Gasteiger partial charge is 0.433 e. The van der Waals surface area contributed by atoms with E-state index in [0.717, 1.165) is 45.8 Å². The van der Waals surface area contributed by atoms with E-state index in [-0.39, 0.29) is 22.5 Å². The number of anilines is 1. The van der Waals surface area contributed by atoms with Crippen molar-refractivity contribution >= 4 is 45.7 Å². The molecule has 4 saturated heterocycles. The van der Waals surface area contributed by atoms with Crippen molar-refractivity contribution in [1.29, 1.82) is 5.26 Å². The highest BCUT2D eigenvalue weighted by molar-refractivity contribution is 7.80. The molecule has 4 aliphatic heterocycles. The van der Waals surface area contributed by atoms with Gasteiger partial charge in [0.1, 0.15) is 17.7 Å². The van der Waals surface area contributed by atoms with Crippen molar-refractivity contribution < 1.29 is 18.8 Å². The standard InChI is InChI=1S/C25H27N7O3S/c26-13-17-4-5-19(18-3-1-6-27-22(17)18)31-24(33)21-15-30-14-20(32(21,16-30)25(31)34)23(36)28-7-2-8-29-9-11-35-12-10-29/h1,3-6,20-21H,2,7-12,14-16H2/p+1. The van der Waals surface area contributed by atoms with Crippen molar-refractivity contribution in [3.05, 3.63) is 36.0 Å². The topological polar surface area (TPSA) is 102 Å². The molecule has 1 spiro atoms. The van der Waals surface area contributed by atoms with Gasteiger partial charge in [0, 0.05) is 31.2 Å². The number of fused-ring (bicyclic) bond motifs is 2. The van der Waals surface area contributed by atoms with Crippen molar-refractivity contribution in [3.63, 3.8) is 0 Å². The summed E-state index contributed by atoms with van der Waals surface area (Å²) in [6.07, 6.45) is 2.56. The SMILES string of the molecule is N#Cc1ccc(N2C(=O)C3CN4CC(C(=S)NCCCN5CCOCC5)[N+]3(C4)C2=O)c2cccnc12. The van der Waals surface area contributed by atoms with E-state index in [2.05, 4.69) is 26.2 Å². The van der Waals surface area contributed by atoms with E-state index in [4.69, 9.17) is 17.0 Å². The summed E-state index contributed by atoms with van der Waals surface area (Å²) in [5, 5.41) is 13.5. The van der Waals surface area contributed by atoms with Crippen LogP contribution in [0.25, 0.3) is 10.9 Å². The molecule has 6 rings (SSSR count). The summed E-state index contributed by atoms with van der Waals surface area (Å²) in [6.45, 7) is 6.87. The van der Waals surface area contributed by atoms with Gasteiger partial charge < -0.3 is 10.1 Å². The van der Waals surface area contributed by atoms with Crippen LogP contribution >= 0.6 is 12.2 Å². The first kappa shape index (κ1) is 23.4. The number of hydrogen-bond acceptors (Lipinski definition) is 8. The molecule has 4 unspecified atom stereocenters. The Balaban J connectivity index is 1.23. The highest BCUT2D eigenvalue weighted by Gasteiger charge is 2.72. The molecule has 1 N–H and O–H groups in total. The first-order valence-electron chi connectivity index (χ1n) is 12.4. The van der Waals surface area contributed by atoms with Crippen molar-refractivity contribution in [3.8, 4) is 6.07 Å². The Hall–Kier alpha value is -3.01. The number of urea groups is 1. The average Bonchev–Trinajstić information content (AvgIpc) is 3.55. The van der Waals surface area contributed by atoms with Gasteiger partial charge in [-0.25, -0.2) is 14.2 Å². The second-order valence-electron chi connectivity index (χ2n) is 9.84. The van der Waals surface area contributed by atoms with Crippen LogP contribution in [0.4, 0.5) is 10.5 Å². The van der Waals surface area contributed by atoms with Gasteiger partial charge in [-0.2, -0.15) is 10.2 Å². The van der Waals surface area contributed by atoms with Crippen molar-refractivity contribution in [2.24, 2.45) is 0 Å². The van der Waals surface area contributed by atoms with Crippen LogP contribution in [0.3, 0.4) is 0 Å². The van der Waals surface area contributed by atoms with Crippen molar-refractivity contribution in [1.82, 2.24) is 20.1 Å². The van der Waals surface area contributed by atoms with Crippen molar-refractivity contribution in [2.45, 2.75) is 18.5 Å². The van der Waals surface area contributed by atoms with Gasteiger partial charge in [0.15, 0.2) is 12.1 Å². The Kier molecular flexibility index (Phi) is 5.94. The molecule has 186 valence electrons. The molecule has 4 fully saturated rings. The molecule has 2 bridgehead atoms. The Bertz CT molecular complexity index is 1290. The van der Waals surface area contributed by atoms with E-state index in [1.54, 1.807) is 30.5 Å². The summed E-state index contributed by atoms with van der Waals surface area (Å²) < 4.78 is 5.43. The zero-order valence-corrected chi connectivity index (χ0v) is 20.7. The number of piperazine rings is 1. The van der Waals surface area contributed by atoms with Gasteiger partial charge in [-0.05, 0) is 37.2 Å². The number of carbonyl (C=O) groups excluding carboxylic acids is 2. The maximum absolute atomic E-state index is 14.1. The molecule has 1 aromatic carbocycles. The van der Waals surface area contributed by atoms with Gasteiger partial charge in [0.25, 0.3) is 5.91 Å². The molecule has 10 nitrogen and oxygen atoms in total. The molecule has 11 heteroatoms. The highest BCUT2D eigenvalue weighted by atomic mass is 32.1. The lowest BCUT2D eigenvalue weighted by Gasteiger charge is -2.34. The second kappa shape index (κ2) is 9.14. The Morgan fingerprint density at radius 3 is 2.89 bits per heavy atom. The Labute approximate surface area is 214 Å². The highest BCUT2D eigenvalue weighted by Crippen LogP contribution is 2.44. The normalized spacial score (nSPS) is 29.5. The van der Waals surface area contributed by atoms with Gasteiger partial charge >= 0.3 is 6.03 Å². The third-order valence-corrected chi connectivity index (χ3v) is 8.34. The molecule has 1 aromatic heterocycles. The summed E-state index contributed by atoms with van der Waals surface area (Å²) in [7, 11) is 0. The molecular formula is C25H28N7O3S+. The van der Waals surface area contributed by atoms with Gasteiger partial charge in [-0.1, -0.05) is 12.2 Å². The van der Waals surface area contributed by atoms with Crippen LogP contribution in [0, 0.1) is 11.3 Å². The van der Waals surface area contributed by atoms with Crippen LogP contribution in [0.1, 0.15) is 12.0 Å². The van der Waals surface area contributed by atoms with Gasteiger partial charge in [-0.15, -0.1) is 0 Å². The summed E-state index contributed by atoms with van der Waals surface area (Å²) in [4.78, 5) is 38.6. The van der Waals surface area contributed by atoms with Crippen LogP contribution in [0.2, 0.25) is 0 Å². The summed E-state index contributed by atoms with van der Waals surface area (Å²) in [5.41, 5.74) is 1.38. The number of quaternary nitrogens is 1. The number of aromatic nitrogens is 1. The minimum atomic E-state index is -0.480. The molecule has 0 saturated carbocycles. The number of morpholine rings is 1. The number of benzene rings is 1. The molecule has 4 atom stereocenters. The number of rotatable bonds is 6. The van der Waals surface area contributed by atoms with E-state index in [1.807, 2.05) is 0 Å². The fourth-order valence-electron chi connectivity index (χ4n) is 6.16. The number of carbonyl (C=O) groups is 2. The summed E-state index contributed by atoms with van der Waals surface area (Å²) in [6, 6.07) is 8.03. The van der Waals surface area contributed by atoms with E-state index in [9.17, 15) is 14.9 Å². The van der Waals surface area contributed by atoms with E-state index >= 15 is 0 Å². The molecule has 0 radical (unpaired) electrons. The van der Waals surface area contributed by atoms with Crippen LogP contribution in [-0.4, -0.2) is 107 Å². The van der Waals surface area contributed by atoms with Gasteiger partial charge in [0.2, 0.25) is 0 Å². The number of ether oxygens (including phenoxy) is 1. The molecule has 3 amide bonds. The minimum absolute atomic E-state index is 0.0237. The smallest absolute Gasteiger partial charge is 0.379 e. The van der Waals surface area contributed by atoms with E-state index in [1.165, 1.54) is 4.90 Å². The van der Waals surface area contributed by atoms with Crippen molar-refractivity contribution in [2.75, 3.05) is 64.1 Å². The predicted octanol–water partition coefficient (Wildman–Crippen LogP) is 1.05. The molecule has 0 aliphatic carbocycles. The molecule has 2 aromatic rings. The monoisotopic (exact) mass is 506 g/mol. The molecular weight excluding hydrogens is 478 g/mol. The van der Waals surface area contributed by atoms with E-state index in [0.29, 0.717) is 46.9 Å². The van der Waals surface area contributed by atoms with Crippen LogP contribution in [-0.2, 0) is 9.53 Å². The fourth-order valence-corrected chi connectivity index (χ4v) is 6.53. The first-order chi connectivity index (χ1) is 17.5. The second-order valence-corrected chi connectivity index (χ2v) is 10.3. The van der Waals surface area contributed by atoms with Crippen LogP contribution in [0.5, 0.6) is 0 Å². The summed E-state index contributed by atoms with van der Waals surface area (Å²) >= 11 is 5.81. The molecule has 4 aliphatic rings. The lowest BCUT2D eigenvalue weighted by molar-refractivity contribution is -0.851. The third-order valence-electron chi connectivity index (χ3n) is 7.93. The number of hydrogen-bond donors (Lipinski definition) is 1. The minimum Gasteiger partial charge on any atom is -0.379 e. The zero-order valence-electron chi connectivity index (χ0n) is 19.9. The lowest BCUT2D eigenvalue weighted by atomic mass is 10.1. The number of nitriles is 1. The van der Waals surface area contributed by atoms with Gasteiger partial charge in [-0.3, -0.25) is 14.7 Å². The Morgan fingerprint density at radius 2 is 2.08 bits per heavy atom. The maximum atomic E-state index is 14.1. The molecule has 36 heavy (non-hydrogen) atoms. The lowest BCUT2D eigenvalue weighted by Crippen LogP contribution is -2.64. The number of imide groups is 1. The summed E-state index contributed by atoms with van der Waals surface area (Å²) in [5.74, 6) is -0.211. The number of pyridine rings is 1. The van der Waals surface area contributed by atoms with Crippen LogP contribution in [0.15, 0.2) is 30.5 Å². The van der Waals surface area contributed by atoms with Crippen LogP contribution < -0.4 is 10.2 Å². The average molecular weight is 507 g/mol. The Morgan fingerprint density at radius 1 is 1.25 bits per heavy atom. The van der Waals surface area contributed by atoms with Gasteiger partial charge in [0.05, 0.1) is 43.1 Å². The first-order valence-corrected chi connectivity index (χ1v) is 12.8. The molecule has 5 heterocycles. The fraction of sp³-hybridized carbons (Fsp3) is 0.480. The zero-order chi connectivity index (χ0) is 24.9.